The van der Waals surface area contributed by atoms with E-state index in [4.69, 9.17) is 5.73 Å². The standard InChI is InChI=1S/C15H22N2/c1-12(2)8-10-17-11-13(7-9-16)14-5-3-4-6-15(14)17/h3-6,11-12H,7-10,16H2,1-2H3. The van der Waals surface area contributed by atoms with Crippen molar-refractivity contribution >= 4 is 10.9 Å². The normalized spacial score (nSPS) is 11.5. The summed E-state index contributed by atoms with van der Waals surface area (Å²) in [5.74, 6) is 0.745. The van der Waals surface area contributed by atoms with Gasteiger partial charge >= 0.3 is 0 Å². The number of benzene rings is 1. The molecule has 0 bridgehead atoms. The Morgan fingerprint density at radius 1 is 1.24 bits per heavy atom. The van der Waals surface area contributed by atoms with Gasteiger partial charge in [0, 0.05) is 23.6 Å². The van der Waals surface area contributed by atoms with E-state index in [0.717, 1.165) is 25.4 Å². The van der Waals surface area contributed by atoms with Gasteiger partial charge in [0.15, 0.2) is 0 Å². The summed E-state index contributed by atoms with van der Waals surface area (Å²) >= 11 is 0. The minimum atomic E-state index is 0.720. The van der Waals surface area contributed by atoms with Gasteiger partial charge in [-0.3, -0.25) is 0 Å². The lowest BCUT2D eigenvalue weighted by molar-refractivity contribution is 0.524. The molecule has 2 heteroatoms. The van der Waals surface area contributed by atoms with Crippen LogP contribution in [-0.4, -0.2) is 11.1 Å². The van der Waals surface area contributed by atoms with E-state index in [9.17, 15) is 0 Å². The van der Waals surface area contributed by atoms with Crippen LogP contribution in [0.1, 0.15) is 25.8 Å². The zero-order valence-corrected chi connectivity index (χ0v) is 10.8. The van der Waals surface area contributed by atoms with Crippen LogP contribution in [0.2, 0.25) is 0 Å². The van der Waals surface area contributed by atoms with Crippen LogP contribution in [0.25, 0.3) is 10.9 Å². The molecule has 2 aromatic rings. The first-order chi connectivity index (χ1) is 8.22. The molecule has 1 aromatic carbocycles. The van der Waals surface area contributed by atoms with Crippen molar-refractivity contribution < 1.29 is 0 Å². The second-order valence-electron chi connectivity index (χ2n) is 5.09. The van der Waals surface area contributed by atoms with Gasteiger partial charge in [0.25, 0.3) is 0 Å². The monoisotopic (exact) mass is 230 g/mol. The minimum absolute atomic E-state index is 0.720. The van der Waals surface area contributed by atoms with Crippen LogP contribution >= 0.6 is 0 Å². The molecular weight excluding hydrogens is 208 g/mol. The van der Waals surface area contributed by atoms with Crippen LogP contribution in [0.3, 0.4) is 0 Å². The first kappa shape index (κ1) is 12.2. The highest BCUT2D eigenvalue weighted by Crippen LogP contribution is 2.22. The van der Waals surface area contributed by atoms with E-state index < -0.39 is 0 Å². The van der Waals surface area contributed by atoms with Gasteiger partial charge in [0.05, 0.1) is 0 Å². The molecule has 0 aliphatic carbocycles. The van der Waals surface area contributed by atoms with Crippen LogP contribution in [0, 0.1) is 5.92 Å². The van der Waals surface area contributed by atoms with Crippen molar-refractivity contribution in [1.82, 2.24) is 4.57 Å². The summed E-state index contributed by atoms with van der Waals surface area (Å²) in [5, 5.41) is 1.36. The number of fused-ring (bicyclic) bond motifs is 1. The van der Waals surface area contributed by atoms with Gasteiger partial charge in [-0.15, -0.1) is 0 Å². The van der Waals surface area contributed by atoms with Gasteiger partial charge in [0.2, 0.25) is 0 Å². The molecule has 0 fully saturated rings. The number of para-hydroxylation sites is 1. The molecular formula is C15H22N2. The fraction of sp³-hybridized carbons (Fsp3) is 0.467. The lowest BCUT2D eigenvalue weighted by atomic mass is 10.1. The van der Waals surface area contributed by atoms with Crippen LogP contribution < -0.4 is 5.73 Å². The molecule has 0 radical (unpaired) electrons. The van der Waals surface area contributed by atoms with Gasteiger partial charge in [-0.1, -0.05) is 32.0 Å². The summed E-state index contributed by atoms with van der Waals surface area (Å²) in [4.78, 5) is 0. The number of rotatable bonds is 5. The number of hydrogen-bond donors (Lipinski definition) is 1. The largest absolute Gasteiger partial charge is 0.347 e. The van der Waals surface area contributed by atoms with Crippen molar-refractivity contribution in [2.45, 2.75) is 33.2 Å². The number of nitrogens with zero attached hydrogens (tertiary/aromatic N) is 1. The maximum atomic E-state index is 5.67. The van der Waals surface area contributed by atoms with Gasteiger partial charge < -0.3 is 10.3 Å². The number of nitrogens with two attached hydrogens (primary N) is 1. The zero-order chi connectivity index (χ0) is 12.3. The molecule has 0 saturated heterocycles. The maximum Gasteiger partial charge on any atom is 0.0483 e. The third kappa shape index (κ3) is 2.70. The van der Waals surface area contributed by atoms with Crippen LogP contribution in [0.5, 0.6) is 0 Å². The van der Waals surface area contributed by atoms with E-state index in [1.54, 1.807) is 0 Å². The molecule has 92 valence electrons. The minimum Gasteiger partial charge on any atom is -0.347 e. The van der Waals surface area contributed by atoms with Crippen molar-refractivity contribution in [2.75, 3.05) is 6.54 Å². The third-order valence-corrected chi connectivity index (χ3v) is 3.23. The molecule has 0 atom stereocenters. The molecule has 2 N–H and O–H groups in total. The van der Waals surface area contributed by atoms with Crippen molar-refractivity contribution in [3.63, 3.8) is 0 Å². The van der Waals surface area contributed by atoms with Crippen LogP contribution in [-0.2, 0) is 13.0 Å². The van der Waals surface area contributed by atoms with Crippen molar-refractivity contribution in [3.8, 4) is 0 Å². The molecule has 1 heterocycles. The molecule has 0 unspecified atom stereocenters. The van der Waals surface area contributed by atoms with E-state index in [1.165, 1.54) is 22.9 Å². The van der Waals surface area contributed by atoms with Gasteiger partial charge in [-0.05, 0) is 36.9 Å². The maximum absolute atomic E-state index is 5.67. The van der Waals surface area contributed by atoms with Crippen molar-refractivity contribution in [1.29, 1.82) is 0 Å². The summed E-state index contributed by atoms with van der Waals surface area (Å²) in [5.41, 5.74) is 8.40. The Bertz CT molecular complexity index is 483. The molecule has 0 spiro atoms. The molecule has 2 nitrogen and oxygen atoms in total. The number of aromatic nitrogens is 1. The van der Waals surface area contributed by atoms with E-state index in [1.807, 2.05) is 0 Å². The van der Waals surface area contributed by atoms with Gasteiger partial charge in [-0.25, -0.2) is 0 Å². The highest BCUT2D eigenvalue weighted by molar-refractivity contribution is 5.84. The Kier molecular flexibility index (Phi) is 3.85. The topological polar surface area (TPSA) is 30.9 Å². The van der Waals surface area contributed by atoms with Gasteiger partial charge in [-0.2, -0.15) is 0 Å². The smallest absolute Gasteiger partial charge is 0.0483 e. The summed E-state index contributed by atoms with van der Waals surface area (Å²) in [6.45, 7) is 6.36. The van der Waals surface area contributed by atoms with Crippen molar-refractivity contribution in [3.05, 3.63) is 36.0 Å². The first-order valence-corrected chi connectivity index (χ1v) is 6.49. The fourth-order valence-electron chi connectivity index (χ4n) is 2.26. The highest BCUT2D eigenvalue weighted by Gasteiger charge is 2.07. The zero-order valence-electron chi connectivity index (χ0n) is 10.8. The van der Waals surface area contributed by atoms with E-state index in [-0.39, 0.29) is 0 Å². The Labute approximate surface area is 103 Å². The van der Waals surface area contributed by atoms with Crippen LogP contribution in [0.15, 0.2) is 30.5 Å². The first-order valence-electron chi connectivity index (χ1n) is 6.49. The average molecular weight is 230 g/mol. The predicted octanol–water partition coefficient (Wildman–Crippen LogP) is 3.19. The summed E-state index contributed by atoms with van der Waals surface area (Å²) in [6.07, 6.45) is 4.47. The molecule has 0 aliphatic heterocycles. The second kappa shape index (κ2) is 5.37. The third-order valence-electron chi connectivity index (χ3n) is 3.23. The Morgan fingerprint density at radius 3 is 2.71 bits per heavy atom. The average Bonchev–Trinajstić information content (AvgIpc) is 2.66. The Balaban J connectivity index is 2.34. The second-order valence-corrected chi connectivity index (χ2v) is 5.09. The number of hydrogen-bond acceptors (Lipinski definition) is 1. The van der Waals surface area contributed by atoms with Crippen molar-refractivity contribution in [2.24, 2.45) is 11.7 Å². The lowest BCUT2D eigenvalue weighted by Gasteiger charge is -2.07. The molecule has 0 aliphatic rings. The van der Waals surface area contributed by atoms with Gasteiger partial charge in [0.1, 0.15) is 0 Å². The lowest BCUT2D eigenvalue weighted by Crippen LogP contribution is -2.02. The quantitative estimate of drug-likeness (QED) is 0.840. The summed E-state index contributed by atoms with van der Waals surface area (Å²) < 4.78 is 2.38. The molecule has 1 aromatic heterocycles. The molecule has 2 rings (SSSR count). The van der Waals surface area contributed by atoms with E-state index >= 15 is 0 Å². The molecule has 0 saturated carbocycles. The molecule has 0 amide bonds. The highest BCUT2D eigenvalue weighted by atomic mass is 15.0. The Morgan fingerprint density at radius 2 is 2.00 bits per heavy atom. The Hall–Kier alpha value is -1.28. The summed E-state index contributed by atoms with van der Waals surface area (Å²) in [7, 11) is 0. The number of aryl methyl sites for hydroxylation is 1. The summed E-state index contributed by atoms with van der Waals surface area (Å²) in [6, 6.07) is 8.62. The van der Waals surface area contributed by atoms with Crippen LogP contribution in [0.4, 0.5) is 0 Å². The fourth-order valence-corrected chi connectivity index (χ4v) is 2.26. The van der Waals surface area contributed by atoms with E-state index in [0.29, 0.717) is 0 Å². The molecule has 17 heavy (non-hydrogen) atoms. The SMILES string of the molecule is CC(C)CCn1cc(CCN)c2ccccc21. The van der Waals surface area contributed by atoms with E-state index in [2.05, 4.69) is 48.9 Å². The predicted molar refractivity (Wildman–Crippen MR) is 74.2 cm³/mol.